The Morgan fingerprint density at radius 1 is 1.33 bits per heavy atom. The van der Waals surface area contributed by atoms with E-state index in [1.807, 2.05) is 23.5 Å². The predicted octanol–water partition coefficient (Wildman–Crippen LogP) is 2.09. The first-order chi connectivity index (χ1) is 7.22. The van der Waals surface area contributed by atoms with Crippen LogP contribution in [-0.2, 0) is 14.3 Å². The molecule has 0 bridgehead atoms. The van der Waals surface area contributed by atoms with Crippen LogP contribution in [0.4, 0.5) is 0 Å². The summed E-state index contributed by atoms with van der Waals surface area (Å²) in [6, 6.07) is 0. The first-order valence-corrected chi connectivity index (χ1v) is 7.22. The molecule has 5 heteroatoms. The van der Waals surface area contributed by atoms with Gasteiger partial charge in [-0.2, -0.15) is 0 Å². The van der Waals surface area contributed by atoms with E-state index in [9.17, 15) is 9.59 Å². The number of hydrogen-bond donors (Lipinski definition) is 0. The molecule has 0 aromatic heterocycles. The number of hydrogen-bond acceptors (Lipinski definition) is 5. The molecule has 1 fully saturated rings. The molecule has 0 unspecified atom stereocenters. The van der Waals surface area contributed by atoms with E-state index >= 15 is 0 Å². The Bertz CT molecular complexity index is 225. The van der Waals surface area contributed by atoms with Crippen molar-refractivity contribution in [1.29, 1.82) is 0 Å². The van der Waals surface area contributed by atoms with Gasteiger partial charge in [-0.05, 0) is 13.3 Å². The van der Waals surface area contributed by atoms with E-state index in [1.165, 1.54) is 11.5 Å². The maximum atomic E-state index is 11.4. The first-order valence-electron chi connectivity index (χ1n) is 5.13. The lowest BCUT2D eigenvalue weighted by atomic mass is 10.2. The molecule has 86 valence electrons. The van der Waals surface area contributed by atoms with E-state index in [0.717, 1.165) is 6.42 Å². The van der Waals surface area contributed by atoms with Crippen molar-refractivity contribution in [3.63, 3.8) is 0 Å². The van der Waals surface area contributed by atoms with Crippen LogP contribution in [0.15, 0.2) is 0 Å². The SMILES string of the molecule is CCOC(=O)CC(=O)CCC1SCCS1. The van der Waals surface area contributed by atoms with Gasteiger partial charge in [0, 0.05) is 17.9 Å². The minimum atomic E-state index is -0.394. The molecule has 0 aliphatic carbocycles. The Kier molecular flexibility index (Phi) is 6.17. The zero-order chi connectivity index (χ0) is 11.1. The summed E-state index contributed by atoms with van der Waals surface area (Å²) in [5, 5.41) is 0. The van der Waals surface area contributed by atoms with Crippen molar-refractivity contribution in [1.82, 2.24) is 0 Å². The lowest BCUT2D eigenvalue weighted by Crippen LogP contribution is -2.11. The number of ether oxygens (including phenoxy) is 1. The molecule has 1 aliphatic rings. The number of esters is 1. The minimum Gasteiger partial charge on any atom is -0.466 e. The summed E-state index contributed by atoms with van der Waals surface area (Å²) in [7, 11) is 0. The van der Waals surface area contributed by atoms with Crippen LogP contribution in [0, 0.1) is 0 Å². The Morgan fingerprint density at radius 3 is 2.60 bits per heavy atom. The average molecular weight is 248 g/mol. The van der Waals surface area contributed by atoms with Gasteiger partial charge in [-0.1, -0.05) is 0 Å². The quantitative estimate of drug-likeness (QED) is 0.532. The third kappa shape index (κ3) is 5.47. The molecule has 0 amide bonds. The van der Waals surface area contributed by atoms with Crippen LogP contribution in [0.1, 0.15) is 26.2 Å². The lowest BCUT2D eigenvalue weighted by molar-refractivity contribution is -0.145. The minimum absolute atomic E-state index is 0.00144. The molecule has 0 atom stereocenters. The lowest BCUT2D eigenvalue weighted by Gasteiger charge is -2.06. The molecule has 1 heterocycles. The molecule has 3 nitrogen and oxygen atoms in total. The van der Waals surface area contributed by atoms with Crippen LogP contribution in [0.3, 0.4) is 0 Å². The van der Waals surface area contributed by atoms with Crippen molar-refractivity contribution < 1.29 is 14.3 Å². The summed E-state index contributed by atoms with van der Waals surface area (Å²) < 4.78 is 5.27. The molecule has 0 aromatic carbocycles. The molecular formula is C10H16O3S2. The van der Waals surface area contributed by atoms with E-state index in [1.54, 1.807) is 6.92 Å². The second-order valence-electron chi connectivity index (χ2n) is 3.23. The van der Waals surface area contributed by atoms with Crippen molar-refractivity contribution in [2.75, 3.05) is 18.1 Å². The normalized spacial score (nSPS) is 16.6. The fourth-order valence-electron chi connectivity index (χ4n) is 1.31. The fraction of sp³-hybridized carbons (Fsp3) is 0.800. The van der Waals surface area contributed by atoms with E-state index < -0.39 is 5.97 Å². The van der Waals surface area contributed by atoms with Crippen molar-refractivity contribution >= 4 is 35.3 Å². The van der Waals surface area contributed by atoms with Gasteiger partial charge in [-0.3, -0.25) is 9.59 Å². The molecule has 0 saturated carbocycles. The third-order valence-electron chi connectivity index (χ3n) is 2.00. The van der Waals surface area contributed by atoms with Crippen LogP contribution >= 0.6 is 23.5 Å². The fourth-order valence-corrected chi connectivity index (χ4v) is 4.14. The standard InChI is InChI=1S/C10H16O3S2/c1-2-13-9(12)7-8(11)3-4-10-14-5-6-15-10/h10H,2-7H2,1H3. The van der Waals surface area contributed by atoms with Gasteiger partial charge < -0.3 is 4.74 Å². The number of ketones is 1. The molecule has 1 aliphatic heterocycles. The Labute approximate surface area is 98.7 Å². The molecule has 0 aromatic rings. The van der Waals surface area contributed by atoms with E-state index in [2.05, 4.69) is 0 Å². The van der Waals surface area contributed by atoms with Crippen LogP contribution in [0.5, 0.6) is 0 Å². The van der Waals surface area contributed by atoms with Gasteiger partial charge in [0.15, 0.2) is 0 Å². The maximum absolute atomic E-state index is 11.4. The molecule has 1 rings (SSSR count). The maximum Gasteiger partial charge on any atom is 0.313 e. The first kappa shape index (κ1) is 12.9. The zero-order valence-electron chi connectivity index (χ0n) is 8.86. The van der Waals surface area contributed by atoms with Crippen molar-refractivity contribution in [2.45, 2.75) is 30.8 Å². The summed E-state index contributed by atoms with van der Waals surface area (Å²) in [6.45, 7) is 2.09. The number of Topliss-reactive ketones (excluding diaryl/α,β-unsaturated/α-hetero) is 1. The predicted molar refractivity (Wildman–Crippen MR) is 64.2 cm³/mol. The summed E-state index contributed by atoms with van der Waals surface area (Å²) in [5.41, 5.74) is 0. The van der Waals surface area contributed by atoms with E-state index in [4.69, 9.17) is 4.74 Å². The monoisotopic (exact) mass is 248 g/mol. The molecular weight excluding hydrogens is 232 g/mol. The van der Waals surface area contributed by atoms with Gasteiger partial charge in [-0.25, -0.2) is 0 Å². The smallest absolute Gasteiger partial charge is 0.313 e. The summed E-state index contributed by atoms with van der Waals surface area (Å²) in [5.74, 6) is 1.97. The van der Waals surface area contributed by atoms with Crippen LogP contribution < -0.4 is 0 Å². The van der Waals surface area contributed by atoms with Crippen LogP contribution in [-0.4, -0.2) is 34.4 Å². The van der Waals surface area contributed by atoms with Gasteiger partial charge in [0.1, 0.15) is 12.2 Å². The van der Waals surface area contributed by atoms with Crippen molar-refractivity contribution in [2.24, 2.45) is 0 Å². The van der Waals surface area contributed by atoms with Gasteiger partial charge in [0.25, 0.3) is 0 Å². The molecule has 0 radical (unpaired) electrons. The topological polar surface area (TPSA) is 43.4 Å². The third-order valence-corrected chi connectivity index (χ3v) is 5.17. The summed E-state index contributed by atoms with van der Waals surface area (Å²) >= 11 is 3.82. The summed E-state index contributed by atoms with van der Waals surface area (Å²) in [4.78, 5) is 22.4. The Balaban J connectivity index is 2.09. The Hall–Kier alpha value is -0.160. The van der Waals surface area contributed by atoms with E-state index in [-0.39, 0.29) is 12.2 Å². The second kappa shape index (κ2) is 7.17. The molecule has 0 N–H and O–H groups in total. The zero-order valence-corrected chi connectivity index (χ0v) is 10.5. The number of rotatable bonds is 6. The van der Waals surface area contributed by atoms with Gasteiger partial charge in [-0.15, -0.1) is 23.5 Å². The highest BCUT2D eigenvalue weighted by Gasteiger charge is 2.18. The van der Waals surface area contributed by atoms with Crippen molar-refractivity contribution in [3.05, 3.63) is 0 Å². The molecule has 15 heavy (non-hydrogen) atoms. The van der Waals surface area contributed by atoms with Gasteiger partial charge in [0.2, 0.25) is 0 Å². The summed E-state index contributed by atoms with van der Waals surface area (Å²) in [6.07, 6.45) is 1.33. The highest BCUT2D eigenvalue weighted by molar-refractivity contribution is 8.20. The van der Waals surface area contributed by atoms with Gasteiger partial charge in [0.05, 0.1) is 11.2 Å². The molecule has 0 spiro atoms. The van der Waals surface area contributed by atoms with Crippen LogP contribution in [0.2, 0.25) is 0 Å². The van der Waals surface area contributed by atoms with E-state index in [0.29, 0.717) is 17.6 Å². The number of carbonyl (C=O) groups is 2. The number of thioether (sulfide) groups is 2. The second-order valence-corrected chi connectivity index (χ2v) is 6.15. The average Bonchev–Trinajstić information content (AvgIpc) is 2.67. The largest absolute Gasteiger partial charge is 0.466 e. The highest BCUT2D eigenvalue weighted by Crippen LogP contribution is 2.34. The molecule has 1 saturated heterocycles. The highest BCUT2D eigenvalue weighted by atomic mass is 32.2. The Morgan fingerprint density at radius 2 is 2.00 bits per heavy atom. The van der Waals surface area contributed by atoms with Crippen molar-refractivity contribution in [3.8, 4) is 0 Å². The van der Waals surface area contributed by atoms with Gasteiger partial charge >= 0.3 is 5.97 Å². The van der Waals surface area contributed by atoms with Crippen LogP contribution in [0.25, 0.3) is 0 Å². The number of carbonyl (C=O) groups excluding carboxylic acids is 2.